The van der Waals surface area contributed by atoms with E-state index < -0.39 is 0 Å². The van der Waals surface area contributed by atoms with Crippen molar-refractivity contribution in [1.82, 2.24) is 9.55 Å². The van der Waals surface area contributed by atoms with Crippen LogP contribution in [-0.2, 0) is 0 Å². The van der Waals surface area contributed by atoms with Crippen molar-refractivity contribution in [1.29, 1.82) is 0 Å². The molecule has 4 heteroatoms. The van der Waals surface area contributed by atoms with Gasteiger partial charge in [0.25, 0.3) is 0 Å². The Bertz CT molecular complexity index is 3180. The minimum absolute atomic E-state index is 0.624. The molecule has 0 saturated heterocycles. The Morgan fingerprint density at radius 3 is 1.80 bits per heavy atom. The Labute approximate surface area is 317 Å². The monoisotopic (exact) mass is 703 g/mol. The van der Waals surface area contributed by atoms with Gasteiger partial charge in [-0.2, -0.15) is 0 Å². The first kappa shape index (κ1) is 31.1. The molecule has 0 amide bonds. The van der Waals surface area contributed by atoms with E-state index in [-0.39, 0.29) is 0 Å². The zero-order chi connectivity index (χ0) is 36.3. The highest BCUT2D eigenvalue weighted by Gasteiger charge is 2.20. The summed E-state index contributed by atoms with van der Waals surface area (Å²) in [4.78, 5) is 7.30. The highest BCUT2D eigenvalue weighted by atomic mass is 16.3. The van der Waals surface area contributed by atoms with Crippen molar-refractivity contribution in [3.05, 3.63) is 200 Å². The van der Waals surface area contributed by atoms with Crippen LogP contribution in [0.3, 0.4) is 0 Å². The van der Waals surface area contributed by atoms with Crippen LogP contribution in [0.5, 0.6) is 0 Å². The third-order valence-electron chi connectivity index (χ3n) is 10.8. The van der Waals surface area contributed by atoms with Crippen LogP contribution in [0.2, 0.25) is 0 Å². The number of oxazole rings is 1. The second kappa shape index (κ2) is 12.6. The van der Waals surface area contributed by atoms with Gasteiger partial charge in [-0.1, -0.05) is 127 Å². The predicted octanol–water partition coefficient (Wildman–Crippen LogP) is 14.0. The van der Waals surface area contributed by atoms with E-state index in [0.717, 1.165) is 66.5 Å². The molecule has 0 aliphatic carbocycles. The van der Waals surface area contributed by atoms with E-state index in [4.69, 9.17) is 9.40 Å². The SMILES string of the molecule is c1ccc(-c2ccc(N(c3ccc4ccc5ccc6nc(-c7ccccc7)oc6c5c4c3)c3ccc4c5ccccc5n(-c5ccccc5)c4c3)cc2)cc1. The number of nitrogens with zero attached hydrogens (tertiary/aromatic N) is 3. The van der Waals surface area contributed by atoms with Crippen molar-refractivity contribution in [3.8, 4) is 28.3 Å². The van der Waals surface area contributed by atoms with Crippen LogP contribution in [0.25, 0.3) is 82.7 Å². The van der Waals surface area contributed by atoms with Gasteiger partial charge in [0.2, 0.25) is 5.89 Å². The number of fused-ring (bicyclic) bond motifs is 8. The number of benzene rings is 9. The molecule has 9 aromatic carbocycles. The van der Waals surface area contributed by atoms with Gasteiger partial charge in [0, 0.05) is 44.5 Å². The van der Waals surface area contributed by atoms with Gasteiger partial charge in [-0.3, -0.25) is 0 Å². The topological polar surface area (TPSA) is 34.2 Å². The predicted molar refractivity (Wildman–Crippen MR) is 229 cm³/mol. The van der Waals surface area contributed by atoms with Crippen molar-refractivity contribution >= 4 is 71.5 Å². The molecule has 0 atom stereocenters. The van der Waals surface area contributed by atoms with Crippen LogP contribution in [0.15, 0.2) is 205 Å². The maximum atomic E-state index is 6.61. The van der Waals surface area contributed by atoms with Crippen LogP contribution in [0.4, 0.5) is 17.1 Å². The fourth-order valence-corrected chi connectivity index (χ4v) is 8.19. The lowest BCUT2D eigenvalue weighted by atomic mass is 9.99. The third-order valence-corrected chi connectivity index (χ3v) is 10.8. The molecule has 0 unspecified atom stereocenters. The Balaban J connectivity index is 1.15. The summed E-state index contributed by atoms with van der Waals surface area (Å²) in [5, 5.41) is 6.87. The molecule has 258 valence electrons. The first-order chi connectivity index (χ1) is 27.3. The van der Waals surface area contributed by atoms with E-state index in [1.165, 1.54) is 27.4 Å². The van der Waals surface area contributed by atoms with Crippen LogP contribution in [0, 0.1) is 0 Å². The molecular formula is C51H33N3O. The van der Waals surface area contributed by atoms with Crippen molar-refractivity contribution in [3.63, 3.8) is 0 Å². The summed E-state index contributed by atoms with van der Waals surface area (Å²) in [5.41, 5.74) is 11.6. The molecule has 0 fully saturated rings. The number of rotatable bonds is 6. The van der Waals surface area contributed by atoms with E-state index in [1.54, 1.807) is 0 Å². The maximum Gasteiger partial charge on any atom is 0.227 e. The van der Waals surface area contributed by atoms with Gasteiger partial charge < -0.3 is 13.9 Å². The molecule has 4 nitrogen and oxygen atoms in total. The van der Waals surface area contributed by atoms with Crippen LogP contribution >= 0.6 is 0 Å². The van der Waals surface area contributed by atoms with Gasteiger partial charge in [-0.15, -0.1) is 0 Å². The van der Waals surface area contributed by atoms with Gasteiger partial charge in [-0.05, 0) is 100 Å². The maximum absolute atomic E-state index is 6.61. The summed E-state index contributed by atoms with van der Waals surface area (Å²) in [6.45, 7) is 0. The first-order valence-corrected chi connectivity index (χ1v) is 18.6. The normalized spacial score (nSPS) is 11.6. The molecule has 0 aliphatic rings. The summed E-state index contributed by atoms with van der Waals surface area (Å²) in [7, 11) is 0. The molecule has 11 rings (SSSR count). The summed E-state index contributed by atoms with van der Waals surface area (Å²) in [6.07, 6.45) is 0. The first-order valence-electron chi connectivity index (χ1n) is 18.6. The van der Waals surface area contributed by atoms with Crippen molar-refractivity contribution in [2.24, 2.45) is 0 Å². The highest BCUT2D eigenvalue weighted by Crippen LogP contribution is 2.43. The van der Waals surface area contributed by atoms with E-state index in [0.29, 0.717) is 5.89 Å². The Hall–Kier alpha value is -7.43. The van der Waals surface area contributed by atoms with Gasteiger partial charge >= 0.3 is 0 Å². The Morgan fingerprint density at radius 1 is 0.418 bits per heavy atom. The summed E-state index contributed by atoms with van der Waals surface area (Å²) in [5.74, 6) is 0.624. The smallest absolute Gasteiger partial charge is 0.227 e. The second-order valence-electron chi connectivity index (χ2n) is 14.0. The fourth-order valence-electron chi connectivity index (χ4n) is 8.19. The zero-order valence-corrected chi connectivity index (χ0v) is 29.8. The summed E-state index contributed by atoms with van der Waals surface area (Å²) in [6, 6.07) is 71.1. The number of aromatic nitrogens is 2. The standard InChI is InChI=1S/C51H33N3O/c1-4-12-34(13-5-1)35-22-26-40(27-23-35)53(42-29-30-44-43-18-10-11-19-47(43)54(48(44)33-42)39-16-8-3-9-17-39)41-28-24-36-20-21-37-25-31-46-50(49(37)45(36)32-41)55-51(52-46)38-14-6-2-7-15-38/h1-33H. The molecule has 2 heterocycles. The average molecular weight is 704 g/mol. The average Bonchev–Trinajstić information content (AvgIpc) is 3.84. The lowest BCUT2D eigenvalue weighted by Gasteiger charge is -2.26. The van der Waals surface area contributed by atoms with E-state index in [9.17, 15) is 0 Å². The highest BCUT2D eigenvalue weighted by molar-refractivity contribution is 6.19. The number of anilines is 3. The van der Waals surface area contributed by atoms with Gasteiger partial charge in [0.1, 0.15) is 5.52 Å². The van der Waals surface area contributed by atoms with Gasteiger partial charge in [-0.25, -0.2) is 4.98 Å². The van der Waals surface area contributed by atoms with E-state index in [2.05, 4.69) is 179 Å². The van der Waals surface area contributed by atoms with Crippen LogP contribution < -0.4 is 4.90 Å². The van der Waals surface area contributed by atoms with Crippen LogP contribution in [0.1, 0.15) is 0 Å². The third kappa shape index (κ3) is 5.19. The molecule has 0 saturated carbocycles. The van der Waals surface area contributed by atoms with Crippen LogP contribution in [-0.4, -0.2) is 9.55 Å². The van der Waals surface area contributed by atoms with Gasteiger partial charge in [0.05, 0.1) is 11.0 Å². The molecule has 0 N–H and O–H groups in total. The Morgan fingerprint density at radius 2 is 1.00 bits per heavy atom. The number of para-hydroxylation sites is 2. The largest absolute Gasteiger partial charge is 0.435 e. The quantitative estimate of drug-likeness (QED) is 0.162. The van der Waals surface area contributed by atoms with Crippen molar-refractivity contribution < 1.29 is 4.42 Å². The molecular weight excluding hydrogens is 671 g/mol. The van der Waals surface area contributed by atoms with E-state index >= 15 is 0 Å². The lowest BCUT2D eigenvalue weighted by molar-refractivity contribution is 0.623. The molecule has 0 aliphatic heterocycles. The fraction of sp³-hybridized carbons (Fsp3) is 0. The van der Waals surface area contributed by atoms with Gasteiger partial charge in [0.15, 0.2) is 5.58 Å². The zero-order valence-electron chi connectivity index (χ0n) is 29.8. The molecule has 2 aromatic heterocycles. The molecule has 55 heavy (non-hydrogen) atoms. The summed E-state index contributed by atoms with van der Waals surface area (Å²) >= 11 is 0. The van der Waals surface area contributed by atoms with E-state index in [1.807, 2.05) is 30.3 Å². The number of hydrogen-bond acceptors (Lipinski definition) is 3. The number of hydrogen-bond donors (Lipinski definition) is 0. The lowest BCUT2D eigenvalue weighted by Crippen LogP contribution is -2.10. The molecule has 0 bridgehead atoms. The minimum atomic E-state index is 0.624. The molecule has 0 spiro atoms. The minimum Gasteiger partial charge on any atom is -0.435 e. The Kier molecular flexibility index (Phi) is 7.14. The molecule has 0 radical (unpaired) electrons. The molecule has 11 aromatic rings. The summed E-state index contributed by atoms with van der Waals surface area (Å²) < 4.78 is 8.98. The van der Waals surface area contributed by atoms with Crippen molar-refractivity contribution in [2.75, 3.05) is 4.90 Å². The van der Waals surface area contributed by atoms with Crippen molar-refractivity contribution in [2.45, 2.75) is 0 Å². The second-order valence-corrected chi connectivity index (χ2v) is 14.0.